The molecule has 0 fully saturated rings. The van der Waals surface area contributed by atoms with Crippen LogP contribution in [0.5, 0.6) is 5.75 Å². The molecule has 1 N–H and O–H groups in total. The highest BCUT2D eigenvalue weighted by Gasteiger charge is 2.00. The molecule has 0 spiro atoms. The van der Waals surface area contributed by atoms with E-state index in [2.05, 4.69) is 5.48 Å². The average Bonchev–Trinajstić information content (AvgIpc) is 2.18. The van der Waals surface area contributed by atoms with Crippen molar-refractivity contribution in [1.82, 2.24) is 5.48 Å². The third-order valence-corrected chi connectivity index (χ3v) is 1.77. The topological polar surface area (TPSA) is 30.5 Å². The molecule has 1 rings (SSSR count). The Labute approximate surface area is 85.0 Å². The zero-order chi connectivity index (χ0) is 10.4. The van der Waals surface area contributed by atoms with Crippen LogP contribution in [0.4, 0.5) is 0 Å². The van der Waals surface area contributed by atoms with Crippen LogP contribution >= 0.6 is 0 Å². The minimum Gasteiger partial charge on any atom is -0.496 e. The molecule has 0 atom stereocenters. The monoisotopic (exact) mass is 195 g/mol. The fraction of sp³-hybridized carbons (Fsp3) is 0.455. The summed E-state index contributed by atoms with van der Waals surface area (Å²) >= 11 is 0. The van der Waals surface area contributed by atoms with Gasteiger partial charge >= 0.3 is 0 Å². The highest BCUT2D eigenvalue weighted by molar-refractivity contribution is 5.32. The summed E-state index contributed by atoms with van der Waals surface area (Å²) in [6.07, 6.45) is 0.185. The molecular formula is C11H17NO2. The van der Waals surface area contributed by atoms with Gasteiger partial charge < -0.3 is 4.74 Å². The third-order valence-electron chi connectivity index (χ3n) is 1.77. The molecule has 0 aliphatic rings. The average molecular weight is 195 g/mol. The molecule has 78 valence electrons. The molecule has 0 bridgehead atoms. The van der Waals surface area contributed by atoms with Gasteiger partial charge in [-0.05, 0) is 19.9 Å². The number of hydrogen-bond donors (Lipinski definition) is 1. The second-order valence-corrected chi connectivity index (χ2v) is 3.30. The Morgan fingerprint density at radius 2 is 2.00 bits per heavy atom. The van der Waals surface area contributed by atoms with Crippen LogP contribution in [0.1, 0.15) is 19.4 Å². The van der Waals surface area contributed by atoms with Crippen LogP contribution in [0.3, 0.4) is 0 Å². The van der Waals surface area contributed by atoms with E-state index in [9.17, 15) is 0 Å². The van der Waals surface area contributed by atoms with Crippen molar-refractivity contribution in [2.75, 3.05) is 7.11 Å². The van der Waals surface area contributed by atoms with E-state index in [0.29, 0.717) is 6.54 Å². The van der Waals surface area contributed by atoms with Crippen LogP contribution < -0.4 is 10.2 Å². The number of hydroxylamine groups is 1. The normalized spacial score (nSPS) is 10.6. The zero-order valence-corrected chi connectivity index (χ0v) is 8.91. The van der Waals surface area contributed by atoms with Gasteiger partial charge in [-0.3, -0.25) is 4.84 Å². The molecule has 0 unspecified atom stereocenters. The summed E-state index contributed by atoms with van der Waals surface area (Å²) in [5.41, 5.74) is 3.99. The van der Waals surface area contributed by atoms with E-state index < -0.39 is 0 Å². The van der Waals surface area contributed by atoms with E-state index in [4.69, 9.17) is 9.57 Å². The van der Waals surface area contributed by atoms with Crippen LogP contribution in [-0.4, -0.2) is 13.2 Å². The summed E-state index contributed by atoms with van der Waals surface area (Å²) in [5.74, 6) is 0.882. The van der Waals surface area contributed by atoms with Crippen LogP contribution in [0.15, 0.2) is 24.3 Å². The van der Waals surface area contributed by atoms with Crippen molar-refractivity contribution in [3.8, 4) is 5.75 Å². The standard InChI is InChI=1S/C11H17NO2/c1-9(2)14-12-8-10-6-4-5-7-11(10)13-3/h4-7,9,12H,8H2,1-3H3. The molecule has 0 aromatic heterocycles. The smallest absolute Gasteiger partial charge is 0.123 e. The van der Waals surface area contributed by atoms with Crippen molar-refractivity contribution < 1.29 is 9.57 Å². The molecule has 0 saturated heterocycles. The molecule has 0 heterocycles. The van der Waals surface area contributed by atoms with Gasteiger partial charge in [-0.15, -0.1) is 0 Å². The Morgan fingerprint density at radius 1 is 1.29 bits per heavy atom. The second kappa shape index (κ2) is 5.62. The Kier molecular flexibility index (Phi) is 4.43. The fourth-order valence-corrected chi connectivity index (χ4v) is 1.14. The van der Waals surface area contributed by atoms with Gasteiger partial charge in [0.15, 0.2) is 0 Å². The van der Waals surface area contributed by atoms with Crippen molar-refractivity contribution in [2.24, 2.45) is 0 Å². The summed E-state index contributed by atoms with van der Waals surface area (Å²) in [5, 5.41) is 0. The minimum absolute atomic E-state index is 0.185. The molecule has 0 radical (unpaired) electrons. The lowest BCUT2D eigenvalue weighted by Gasteiger charge is -2.11. The third kappa shape index (κ3) is 3.36. The molecule has 1 aromatic carbocycles. The molecule has 0 saturated carbocycles. The van der Waals surface area contributed by atoms with E-state index in [0.717, 1.165) is 11.3 Å². The molecule has 0 aliphatic heterocycles. The number of hydrogen-bond acceptors (Lipinski definition) is 3. The number of methoxy groups -OCH3 is 1. The second-order valence-electron chi connectivity index (χ2n) is 3.30. The maximum Gasteiger partial charge on any atom is 0.123 e. The summed E-state index contributed by atoms with van der Waals surface area (Å²) in [6.45, 7) is 4.62. The Hall–Kier alpha value is -1.06. The van der Waals surface area contributed by atoms with Crippen molar-refractivity contribution in [1.29, 1.82) is 0 Å². The van der Waals surface area contributed by atoms with Crippen LogP contribution in [0.25, 0.3) is 0 Å². The van der Waals surface area contributed by atoms with E-state index in [1.807, 2.05) is 38.1 Å². The van der Waals surface area contributed by atoms with Crippen molar-refractivity contribution >= 4 is 0 Å². The van der Waals surface area contributed by atoms with Gasteiger partial charge in [0, 0.05) is 12.1 Å². The molecule has 0 amide bonds. The van der Waals surface area contributed by atoms with Gasteiger partial charge in [0.2, 0.25) is 0 Å². The lowest BCUT2D eigenvalue weighted by molar-refractivity contribution is -0.00910. The van der Waals surface area contributed by atoms with Gasteiger partial charge in [-0.1, -0.05) is 18.2 Å². The largest absolute Gasteiger partial charge is 0.496 e. The fourth-order valence-electron chi connectivity index (χ4n) is 1.14. The van der Waals surface area contributed by atoms with Gasteiger partial charge in [-0.2, -0.15) is 5.48 Å². The summed E-state index contributed by atoms with van der Waals surface area (Å²) in [4.78, 5) is 5.24. The maximum absolute atomic E-state index is 5.24. The lowest BCUT2D eigenvalue weighted by atomic mass is 10.2. The lowest BCUT2D eigenvalue weighted by Crippen LogP contribution is -2.19. The summed E-state index contributed by atoms with van der Waals surface area (Å²) < 4.78 is 5.21. The highest BCUT2D eigenvalue weighted by atomic mass is 16.7. The first-order chi connectivity index (χ1) is 6.74. The summed E-state index contributed by atoms with van der Waals surface area (Å²) in [6, 6.07) is 7.88. The SMILES string of the molecule is COc1ccccc1CNOC(C)C. The Balaban J connectivity index is 2.49. The van der Waals surface area contributed by atoms with Crippen molar-refractivity contribution in [3.63, 3.8) is 0 Å². The number of benzene rings is 1. The first-order valence-electron chi connectivity index (χ1n) is 4.74. The molecule has 0 aliphatic carbocycles. The first-order valence-corrected chi connectivity index (χ1v) is 4.74. The maximum atomic E-state index is 5.24. The van der Waals surface area contributed by atoms with Gasteiger partial charge in [0.05, 0.1) is 13.2 Å². The molecule has 1 aromatic rings. The van der Waals surface area contributed by atoms with Gasteiger partial charge in [0.1, 0.15) is 5.75 Å². The zero-order valence-electron chi connectivity index (χ0n) is 8.91. The number of nitrogens with one attached hydrogen (secondary N) is 1. The Morgan fingerprint density at radius 3 is 2.64 bits per heavy atom. The van der Waals surface area contributed by atoms with E-state index in [-0.39, 0.29) is 6.10 Å². The van der Waals surface area contributed by atoms with Crippen LogP contribution in [0.2, 0.25) is 0 Å². The van der Waals surface area contributed by atoms with Crippen molar-refractivity contribution in [2.45, 2.75) is 26.5 Å². The van der Waals surface area contributed by atoms with Crippen LogP contribution in [-0.2, 0) is 11.4 Å². The molecular weight excluding hydrogens is 178 g/mol. The quantitative estimate of drug-likeness (QED) is 0.730. The summed E-state index contributed by atoms with van der Waals surface area (Å²) in [7, 11) is 1.67. The first kappa shape index (κ1) is 11.0. The van der Waals surface area contributed by atoms with Crippen LogP contribution in [0, 0.1) is 0 Å². The van der Waals surface area contributed by atoms with E-state index in [1.165, 1.54) is 0 Å². The molecule has 3 nitrogen and oxygen atoms in total. The minimum atomic E-state index is 0.185. The molecule has 14 heavy (non-hydrogen) atoms. The van der Waals surface area contributed by atoms with Crippen molar-refractivity contribution in [3.05, 3.63) is 29.8 Å². The van der Waals surface area contributed by atoms with E-state index in [1.54, 1.807) is 7.11 Å². The number of rotatable bonds is 5. The predicted molar refractivity (Wildman–Crippen MR) is 56.1 cm³/mol. The molecule has 3 heteroatoms. The Bertz CT molecular complexity index is 274. The van der Waals surface area contributed by atoms with Gasteiger partial charge in [0.25, 0.3) is 0 Å². The predicted octanol–water partition coefficient (Wildman–Crippen LogP) is 2.12. The van der Waals surface area contributed by atoms with Gasteiger partial charge in [-0.25, -0.2) is 0 Å². The number of ether oxygens (including phenoxy) is 1. The number of para-hydroxylation sites is 1. The highest BCUT2D eigenvalue weighted by Crippen LogP contribution is 2.16. The van der Waals surface area contributed by atoms with E-state index >= 15 is 0 Å².